The van der Waals surface area contributed by atoms with E-state index in [4.69, 9.17) is 14.2 Å². The predicted molar refractivity (Wildman–Crippen MR) is 75.7 cm³/mol. The number of hydrogen-bond acceptors (Lipinski definition) is 3. The highest BCUT2D eigenvalue weighted by Gasteiger charge is 2.38. The molecule has 0 amide bonds. The third kappa shape index (κ3) is 3.21. The summed E-state index contributed by atoms with van der Waals surface area (Å²) < 4.78 is 16.7. The van der Waals surface area contributed by atoms with Gasteiger partial charge in [0.25, 0.3) is 0 Å². The first-order valence-electron chi connectivity index (χ1n) is 7.32. The third-order valence-electron chi connectivity index (χ3n) is 4.58. The summed E-state index contributed by atoms with van der Waals surface area (Å²) in [5, 5.41) is 0. The van der Waals surface area contributed by atoms with Crippen LogP contribution in [0.3, 0.4) is 0 Å². The fraction of sp³-hybridized carbons (Fsp3) is 0.750. The number of hydrogen-bond donors (Lipinski definition) is 0. The molecule has 0 N–H and O–H groups in total. The van der Waals surface area contributed by atoms with Crippen molar-refractivity contribution in [2.45, 2.75) is 46.3 Å². The second kappa shape index (κ2) is 6.10. The summed E-state index contributed by atoms with van der Waals surface area (Å²) in [5.41, 5.74) is 1.29. The van der Waals surface area contributed by atoms with Crippen LogP contribution in [0, 0.1) is 11.3 Å². The van der Waals surface area contributed by atoms with Crippen LogP contribution in [0.4, 0.5) is 0 Å². The molecular formula is C16H26O3. The normalized spacial score (nSPS) is 32.5. The van der Waals surface area contributed by atoms with Crippen molar-refractivity contribution in [1.29, 1.82) is 0 Å². The predicted octanol–water partition coefficient (Wildman–Crippen LogP) is 3.66. The highest BCUT2D eigenvalue weighted by molar-refractivity contribution is 5.30. The summed E-state index contributed by atoms with van der Waals surface area (Å²) in [6.07, 6.45) is 5.09. The van der Waals surface area contributed by atoms with E-state index in [-0.39, 0.29) is 11.7 Å². The Morgan fingerprint density at radius 2 is 2.11 bits per heavy atom. The van der Waals surface area contributed by atoms with Crippen molar-refractivity contribution in [3.63, 3.8) is 0 Å². The van der Waals surface area contributed by atoms with Crippen LogP contribution in [0.25, 0.3) is 0 Å². The lowest BCUT2D eigenvalue weighted by atomic mass is 9.65. The summed E-state index contributed by atoms with van der Waals surface area (Å²) in [7, 11) is 0. The summed E-state index contributed by atoms with van der Waals surface area (Å²) in [6.45, 7) is 13.1. The molecule has 2 aliphatic rings. The average Bonchev–Trinajstić information content (AvgIpc) is 2.87. The van der Waals surface area contributed by atoms with Crippen LogP contribution >= 0.6 is 0 Å². The van der Waals surface area contributed by atoms with Gasteiger partial charge in [-0.3, -0.25) is 0 Å². The quantitative estimate of drug-likeness (QED) is 0.760. The van der Waals surface area contributed by atoms with Gasteiger partial charge in [0.15, 0.2) is 6.29 Å². The molecule has 3 heteroatoms. The SMILES string of the molecule is C=C1C=C(OCC)C[C@@H](C)[C@@]1(C)CCC1OCCO1. The van der Waals surface area contributed by atoms with Gasteiger partial charge in [0.05, 0.1) is 25.6 Å². The highest BCUT2D eigenvalue weighted by Crippen LogP contribution is 2.47. The van der Waals surface area contributed by atoms with Crippen molar-refractivity contribution in [3.8, 4) is 0 Å². The van der Waals surface area contributed by atoms with Crippen LogP contribution < -0.4 is 0 Å². The lowest BCUT2D eigenvalue weighted by Crippen LogP contribution is -2.32. The molecule has 1 aliphatic carbocycles. The fourth-order valence-corrected chi connectivity index (χ4v) is 2.95. The van der Waals surface area contributed by atoms with Gasteiger partial charge in [-0.05, 0) is 42.7 Å². The molecule has 0 unspecified atom stereocenters. The Hall–Kier alpha value is -0.800. The van der Waals surface area contributed by atoms with E-state index in [0.717, 1.165) is 44.8 Å². The van der Waals surface area contributed by atoms with Crippen LogP contribution in [0.5, 0.6) is 0 Å². The summed E-state index contributed by atoms with van der Waals surface area (Å²) >= 11 is 0. The van der Waals surface area contributed by atoms with Crippen molar-refractivity contribution < 1.29 is 14.2 Å². The minimum absolute atomic E-state index is 0.0194. The second-order valence-electron chi connectivity index (χ2n) is 5.80. The maximum absolute atomic E-state index is 5.65. The van der Waals surface area contributed by atoms with Crippen LogP contribution in [0.1, 0.15) is 40.0 Å². The van der Waals surface area contributed by atoms with Gasteiger partial charge in [0.1, 0.15) is 0 Å². The van der Waals surface area contributed by atoms with Crippen molar-refractivity contribution in [2.75, 3.05) is 19.8 Å². The molecule has 0 bridgehead atoms. The first-order chi connectivity index (χ1) is 9.06. The highest BCUT2D eigenvalue weighted by atomic mass is 16.7. The molecule has 0 aromatic carbocycles. The Morgan fingerprint density at radius 1 is 1.42 bits per heavy atom. The molecule has 108 valence electrons. The molecule has 2 rings (SSSR count). The Balaban J connectivity index is 1.98. The molecule has 0 saturated carbocycles. The average molecular weight is 266 g/mol. The van der Waals surface area contributed by atoms with Crippen molar-refractivity contribution in [1.82, 2.24) is 0 Å². The first kappa shape index (κ1) is 14.6. The number of rotatable bonds is 5. The van der Waals surface area contributed by atoms with E-state index >= 15 is 0 Å². The molecule has 1 aliphatic heterocycles. The van der Waals surface area contributed by atoms with Gasteiger partial charge in [0.2, 0.25) is 0 Å². The minimum Gasteiger partial charge on any atom is -0.498 e. The van der Waals surface area contributed by atoms with Crippen LogP contribution in [-0.4, -0.2) is 26.1 Å². The van der Waals surface area contributed by atoms with E-state index < -0.39 is 0 Å². The van der Waals surface area contributed by atoms with Gasteiger partial charge in [-0.25, -0.2) is 0 Å². The van der Waals surface area contributed by atoms with E-state index in [1.54, 1.807) is 0 Å². The smallest absolute Gasteiger partial charge is 0.157 e. The Kier molecular flexibility index (Phi) is 4.69. The zero-order valence-corrected chi connectivity index (χ0v) is 12.4. The number of ether oxygens (including phenoxy) is 3. The van der Waals surface area contributed by atoms with Crippen LogP contribution in [0.2, 0.25) is 0 Å². The molecule has 0 aromatic heterocycles. The lowest BCUT2D eigenvalue weighted by molar-refractivity contribution is -0.0547. The Morgan fingerprint density at radius 3 is 2.68 bits per heavy atom. The molecule has 0 radical (unpaired) electrons. The summed E-state index contributed by atoms with van der Waals surface area (Å²) in [6, 6.07) is 0. The molecule has 1 saturated heterocycles. The zero-order valence-electron chi connectivity index (χ0n) is 12.4. The van der Waals surface area contributed by atoms with E-state index in [1.165, 1.54) is 5.57 Å². The topological polar surface area (TPSA) is 27.7 Å². The molecule has 2 atom stereocenters. The van der Waals surface area contributed by atoms with E-state index in [0.29, 0.717) is 5.92 Å². The molecule has 19 heavy (non-hydrogen) atoms. The van der Waals surface area contributed by atoms with E-state index in [9.17, 15) is 0 Å². The fourth-order valence-electron chi connectivity index (χ4n) is 2.95. The monoisotopic (exact) mass is 266 g/mol. The Bertz CT molecular complexity index is 355. The van der Waals surface area contributed by atoms with Gasteiger partial charge < -0.3 is 14.2 Å². The standard InChI is InChI=1S/C16H26O3/c1-5-17-14-10-12(2)16(4,13(3)11-14)7-6-15-18-8-9-19-15/h10,13,15H,2,5-9,11H2,1,3-4H3/t13-,16+/m1/s1. The van der Waals surface area contributed by atoms with Crippen molar-refractivity contribution in [2.24, 2.45) is 11.3 Å². The molecule has 1 heterocycles. The molecule has 0 spiro atoms. The summed E-state index contributed by atoms with van der Waals surface area (Å²) in [4.78, 5) is 0. The lowest BCUT2D eigenvalue weighted by Gasteiger charge is -2.41. The zero-order chi connectivity index (χ0) is 13.9. The van der Waals surface area contributed by atoms with Gasteiger partial charge in [-0.1, -0.05) is 20.4 Å². The molecule has 0 aromatic rings. The van der Waals surface area contributed by atoms with E-state index in [2.05, 4.69) is 26.5 Å². The molecular weight excluding hydrogens is 240 g/mol. The number of allylic oxidation sites excluding steroid dienone is 3. The van der Waals surface area contributed by atoms with E-state index in [1.807, 2.05) is 6.92 Å². The van der Waals surface area contributed by atoms with Gasteiger partial charge in [-0.15, -0.1) is 0 Å². The van der Waals surface area contributed by atoms with Crippen LogP contribution in [0.15, 0.2) is 24.0 Å². The Labute approximate surface area is 116 Å². The largest absolute Gasteiger partial charge is 0.498 e. The first-order valence-corrected chi connectivity index (χ1v) is 7.32. The third-order valence-corrected chi connectivity index (χ3v) is 4.58. The van der Waals surface area contributed by atoms with Gasteiger partial charge >= 0.3 is 0 Å². The molecule has 3 nitrogen and oxygen atoms in total. The minimum atomic E-state index is -0.0194. The van der Waals surface area contributed by atoms with Crippen molar-refractivity contribution in [3.05, 3.63) is 24.0 Å². The second-order valence-corrected chi connectivity index (χ2v) is 5.80. The van der Waals surface area contributed by atoms with Gasteiger partial charge in [-0.2, -0.15) is 0 Å². The molecule has 1 fully saturated rings. The maximum atomic E-state index is 5.65. The van der Waals surface area contributed by atoms with Crippen molar-refractivity contribution >= 4 is 0 Å². The maximum Gasteiger partial charge on any atom is 0.157 e. The van der Waals surface area contributed by atoms with Crippen LogP contribution in [-0.2, 0) is 14.2 Å². The summed E-state index contributed by atoms with van der Waals surface area (Å²) in [5.74, 6) is 1.61. The van der Waals surface area contributed by atoms with Gasteiger partial charge in [0, 0.05) is 6.42 Å².